The zero-order chi connectivity index (χ0) is 10.4. The van der Waals surface area contributed by atoms with Gasteiger partial charge in [-0.15, -0.1) is 0 Å². The first-order chi connectivity index (χ1) is 7.25. The predicted octanol–water partition coefficient (Wildman–Crippen LogP) is 1.87. The number of benzene rings is 1. The average molecular weight is 205 g/mol. The molecule has 15 heavy (non-hydrogen) atoms. The highest BCUT2D eigenvalue weighted by molar-refractivity contribution is 5.67. The predicted molar refractivity (Wildman–Crippen MR) is 52.9 cm³/mol. The Labute approximate surface area is 87.1 Å². The van der Waals surface area contributed by atoms with E-state index >= 15 is 0 Å². The van der Waals surface area contributed by atoms with Crippen LogP contribution < -0.4 is 4.74 Å². The van der Waals surface area contributed by atoms with Crippen molar-refractivity contribution >= 4 is 6.09 Å². The van der Waals surface area contributed by atoms with Gasteiger partial charge in [-0.25, -0.2) is 4.79 Å². The fourth-order valence-corrected chi connectivity index (χ4v) is 2.43. The van der Waals surface area contributed by atoms with Gasteiger partial charge >= 0.3 is 6.09 Å². The number of hydrogen-bond donors (Lipinski definition) is 1. The summed E-state index contributed by atoms with van der Waals surface area (Å²) in [6, 6.07) is 7.66. The number of nitrogens with zero attached hydrogens (tertiary/aromatic N) is 1. The molecule has 2 bridgehead atoms. The molecule has 3 rings (SSSR count). The molecule has 0 radical (unpaired) electrons. The molecule has 2 atom stereocenters. The van der Waals surface area contributed by atoms with E-state index in [1.54, 1.807) is 0 Å². The van der Waals surface area contributed by atoms with Crippen LogP contribution in [0, 0.1) is 0 Å². The number of fused-ring (bicyclic) bond motifs is 4. The van der Waals surface area contributed by atoms with Crippen LogP contribution in [0.4, 0.5) is 4.79 Å². The molecule has 2 aliphatic heterocycles. The van der Waals surface area contributed by atoms with Gasteiger partial charge in [-0.05, 0) is 6.07 Å². The van der Waals surface area contributed by atoms with Crippen molar-refractivity contribution in [3.8, 4) is 5.75 Å². The number of rotatable bonds is 0. The Morgan fingerprint density at radius 1 is 1.47 bits per heavy atom. The monoisotopic (exact) mass is 205 g/mol. The van der Waals surface area contributed by atoms with Gasteiger partial charge in [0, 0.05) is 12.0 Å². The van der Waals surface area contributed by atoms with Gasteiger partial charge in [-0.3, -0.25) is 4.90 Å². The van der Waals surface area contributed by atoms with Gasteiger partial charge in [-0.1, -0.05) is 18.2 Å². The second-order valence-corrected chi connectivity index (χ2v) is 3.96. The summed E-state index contributed by atoms with van der Waals surface area (Å²) >= 11 is 0. The van der Waals surface area contributed by atoms with Crippen LogP contribution in [0.1, 0.15) is 18.0 Å². The molecule has 2 aliphatic rings. The molecule has 1 saturated heterocycles. The Hall–Kier alpha value is -1.71. The Balaban J connectivity index is 2.05. The van der Waals surface area contributed by atoms with Crippen LogP contribution in [-0.4, -0.2) is 28.7 Å². The van der Waals surface area contributed by atoms with Crippen LogP contribution in [0.5, 0.6) is 5.75 Å². The van der Waals surface area contributed by atoms with Crippen molar-refractivity contribution in [3.05, 3.63) is 29.8 Å². The van der Waals surface area contributed by atoms with Crippen LogP contribution in [0.3, 0.4) is 0 Å². The van der Waals surface area contributed by atoms with E-state index in [1.165, 1.54) is 4.90 Å². The molecule has 1 amide bonds. The highest BCUT2D eigenvalue weighted by atomic mass is 16.5. The van der Waals surface area contributed by atoms with Gasteiger partial charge in [0.2, 0.25) is 0 Å². The summed E-state index contributed by atoms with van der Waals surface area (Å²) in [5.41, 5.74) is 0.994. The fraction of sp³-hybridized carbons (Fsp3) is 0.364. The third-order valence-electron chi connectivity index (χ3n) is 3.08. The van der Waals surface area contributed by atoms with Crippen molar-refractivity contribution in [1.29, 1.82) is 0 Å². The second-order valence-electron chi connectivity index (χ2n) is 3.96. The molecule has 0 unspecified atom stereocenters. The maximum Gasteiger partial charge on any atom is 0.407 e. The van der Waals surface area contributed by atoms with Crippen molar-refractivity contribution < 1.29 is 14.6 Å². The highest BCUT2D eigenvalue weighted by Crippen LogP contribution is 2.42. The Morgan fingerprint density at radius 3 is 3.07 bits per heavy atom. The zero-order valence-electron chi connectivity index (χ0n) is 8.09. The van der Waals surface area contributed by atoms with Gasteiger partial charge in [0.05, 0.1) is 12.6 Å². The van der Waals surface area contributed by atoms with Gasteiger partial charge < -0.3 is 9.84 Å². The Morgan fingerprint density at radius 2 is 2.27 bits per heavy atom. The van der Waals surface area contributed by atoms with Crippen molar-refractivity contribution in [2.24, 2.45) is 0 Å². The van der Waals surface area contributed by atoms with Crippen molar-refractivity contribution in [2.45, 2.75) is 18.6 Å². The highest BCUT2D eigenvalue weighted by Gasteiger charge is 2.42. The summed E-state index contributed by atoms with van der Waals surface area (Å²) in [4.78, 5) is 12.5. The molecule has 0 saturated carbocycles. The molecule has 0 aliphatic carbocycles. The lowest BCUT2D eigenvalue weighted by Gasteiger charge is -2.24. The first-order valence-electron chi connectivity index (χ1n) is 5.01. The number of likely N-dealkylation sites (tertiary alicyclic amines) is 1. The molecule has 1 aromatic carbocycles. The molecule has 4 heteroatoms. The molecule has 78 valence electrons. The second kappa shape index (κ2) is 2.89. The van der Waals surface area contributed by atoms with Gasteiger partial charge in [0.1, 0.15) is 11.9 Å². The van der Waals surface area contributed by atoms with Crippen LogP contribution >= 0.6 is 0 Å². The molecule has 1 aromatic rings. The standard InChI is InChI=1S/C11H11NO3/c13-11(14)12-6-7-5-9(12)8-3-1-2-4-10(8)15-7/h1-4,7,9H,5-6H2,(H,13,14)/t7-,9-/m0/s1. The maximum absolute atomic E-state index is 11.0. The molecule has 1 fully saturated rings. The van der Waals surface area contributed by atoms with Gasteiger partial charge in [0.15, 0.2) is 0 Å². The molecule has 2 heterocycles. The molecular formula is C11H11NO3. The van der Waals surface area contributed by atoms with Crippen LogP contribution in [0.25, 0.3) is 0 Å². The van der Waals surface area contributed by atoms with E-state index in [0.717, 1.165) is 17.7 Å². The third kappa shape index (κ3) is 1.17. The molecule has 1 N–H and O–H groups in total. The normalized spacial score (nSPS) is 27.1. The first kappa shape index (κ1) is 8.59. The van der Waals surface area contributed by atoms with Crippen LogP contribution in [-0.2, 0) is 0 Å². The average Bonchev–Trinajstić information content (AvgIpc) is 2.57. The minimum atomic E-state index is -0.859. The van der Waals surface area contributed by atoms with Gasteiger partial charge in [0.25, 0.3) is 0 Å². The summed E-state index contributed by atoms with van der Waals surface area (Å²) in [5.74, 6) is 0.836. The SMILES string of the molecule is O=C(O)N1C[C@@H]2C[C@H]1c1ccccc1O2. The van der Waals surface area contributed by atoms with Crippen LogP contribution in [0.15, 0.2) is 24.3 Å². The number of para-hydroxylation sites is 1. The molecule has 0 spiro atoms. The minimum Gasteiger partial charge on any atom is -0.488 e. The van der Waals surface area contributed by atoms with E-state index in [0.29, 0.717) is 6.54 Å². The van der Waals surface area contributed by atoms with Crippen molar-refractivity contribution in [1.82, 2.24) is 4.90 Å². The quantitative estimate of drug-likeness (QED) is 0.703. The minimum absolute atomic E-state index is 0.0163. The summed E-state index contributed by atoms with van der Waals surface area (Å²) in [6.45, 7) is 0.481. The lowest BCUT2D eigenvalue weighted by molar-refractivity contribution is 0.139. The maximum atomic E-state index is 11.0. The first-order valence-corrected chi connectivity index (χ1v) is 5.01. The number of amides is 1. The van der Waals surface area contributed by atoms with E-state index in [4.69, 9.17) is 9.84 Å². The van der Waals surface area contributed by atoms with E-state index in [-0.39, 0.29) is 12.1 Å². The van der Waals surface area contributed by atoms with Crippen molar-refractivity contribution in [2.75, 3.05) is 6.54 Å². The van der Waals surface area contributed by atoms with E-state index in [9.17, 15) is 4.79 Å². The lowest BCUT2D eigenvalue weighted by atomic mass is 10.0. The van der Waals surface area contributed by atoms with E-state index in [2.05, 4.69) is 0 Å². The number of hydrogen-bond acceptors (Lipinski definition) is 2. The topological polar surface area (TPSA) is 49.8 Å². The molecule has 4 nitrogen and oxygen atoms in total. The molecular weight excluding hydrogens is 194 g/mol. The van der Waals surface area contributed by atoms with E-state index < -0.39 is 6.09 Å². The van der Waals surface area contributed by atoms with Crippen LogP contribution in [0.2, 0.25) is 0 Å². The fourth-order valence-electron chi connectivity index (χ4n) is 2.43. The van der Waals surface area contributed by atoms with E-state index in [1.807, 2.05) is 24.3 Å². The summed E-state index contributed by atoms with van der Waals surface area (Å²) in [6.07, 6.45) is -0.0487. The zero-order valence-corrected chi connectivity index (χ0v) is 8.09. The lowest BCUT2D eigenvalue weighted by Crippen LogP contribution is -2.29. The third-order valence-corrected chi connectivity index (χ3v) is 3.08. The number of carboxylic acid groups (broad SMARTS) is 1. The van der Waals surface area contributed by atoms with Crippen molar-refractivity contribution in [3.63, 3.8) is 0 Å². The smallest absolute Gasteiger partial charge is 0.407 e. The summed E-state index contributed by atoms with van der Waals surface area (Å²) in [7, 11) is 0. The number of ether oxygens (including phenoxy) is 1. The summed E-state index contributed by atoms with van der Waals surface area (Å²) in [5, 5.41) is 9.06. The Bertz CT molecular complexity index is 418. The summed E-state index contributed by atoms with van der Waals surface area (Å²) < 4.78 is 5.70. The largest absolute Gasteiger partial charge is 0.488 e. The number of carbonyl (C=O) groups is 1. The Kier molecular flexibility index (Phi) is 1.65. The molecule has 0 aromatic heterocycles. The van der Waals surface area contributed by atoms with Gasteiger partial charge in [-0.2, -0.15) is 0 Å².